The van der Waals surface area contributed by atoms with Crippen molar-refractivity contribution in [2.45, 2.75) is 53.5 Å². The number of nitrogens with zero attached hydrogens (tertiary/aromatic N) is 1. The molecular formula is C14H30N2. The average Bonchev–Trinajstić information content (AvgIpc) is 2.59. The summed E-state index contributed by atoms with van der Waals surface area (Å²) in [6.07, 6.45) is 2.68. The van der Waals surface area contributed by atoms with Crippen molar-refractivity contribution in [2.24, 2.45) is 11.3 Å². The fourth-order valence-corrected chi connectivity index (χ4v) is 2.44. The minimum absolute atomic E-state index is 0.491. The van der Waals surface area contributed by atoms with E-state index >= 15 is 0 Å². The topological polar surface area (TPSA) is 15.3 Å². The first-order chi connectivity index (χ1) is 7.39. The molecule has 1 heterocycles. The summed E-state index contributed by atoms with van der Waals surface area (Å²) in [7, 11) is 0. The molecule has 1 atom stereocenters. The Morgan fingerprint density at radius 3 is 2.50 bits per heavy atom. The first kappa shape index (κ1) is 14.0. The molecule has 1 saturated heterocycles. The van der Waals surface area contributed by atoms with Crippen LogP contribution in [-0.2, 0) is 0 Å². The van der Waals surface area contributed by atoms with E-state index < -0.39 is 0 Å². The van der Waals surface area contributed by atoms with Gasteiger partial charge in [0.2, 0.25) is 0 Å². The molecule has 0 aromatic rings. The number of nitrogens with one attached hydrogen (secondary N) is 1. The van der Waals surface area contributed by atoms with Gasteiger partial charge >= 0.3 is 0 Å². The van der Waals surface area contributed by atoms with Crippen LogP contribution in [-0.4, -0.2) is 37.1 Å². The lowest BCUT2D eigenvalue weighted by molar-refractivity contribution is 0.228. The second-order valence-electron chi connectivity index (χ2n) is 6.61. The van der Waals surface area contributed by atoms with Crippen LogP contribution in [0.3, 0.4) is 0 Å². The summed E-state index contributed by atoms with van der Waals surface area (Å²) in [5.41, 5.74) is 0.491. The highest BCUT2D eigenvalue weighted by molar-refractivity contribution is 4.83. The fourth-order valence-electron chi connectivity index (χ4n) is 2.44. The van der Waals surface area contributed by atoms with E-state index in [9.17, 15) is 0 Å². The van der Waals surface area contributed by atoms with Gasteiger partial charge in [0.15, 0.2) is 0 Å². The monoisotopic (exact) mass is 226 g/mol. The minimum Gasteiger partial charge on any atom is -0.314 e. The van der Waals surface area contributed by atoms with Gasteiger partial charge in [-0.2, -0.15) is 0 Å². The largest absolute Gasteiger partial charge is 0.314 e. The molecule has 1 aliphatic heterocycles. The lowest BCUT2D eigenvalue weighted by atomic mass is 9.80. The lowest BCUT2D eigenvalue weighted by Gasteiger charge is -2.27. The number of rotatable bonds is 5. The van der Waals surface area contributed by atoms with E-state index in [4.69, 9.17) is 0 Å². The van der Waals surface area contributed by atoms with Crippen molar-refractivity contribution in [3.8, 4) is 0 Å². The smallest absolute Gasteiger partial charge is 0.00151 e. The molecule has 1 fully saturated rings. The van der Waals surface area contributed by atoms with Crippen LogP contribution in [0.5, 0.6) is 0 Å². The molecule has 0 amide bonds. The molecule has 1 N–H and O–H groups in total. The van der Waals surface area contributed by atoms with Crippen LogP contribution >= 0.6 is 0 Å². The summed E-state index contributed by atoms with van der Waals surface area (Å²) in [4.78, 5) is 2.64. The zero-order valence-corrected chi connectivity index (χ0v) is 11.8. The standard InChI is InChI=1S/C14H30N2/c1-12(2)15-8-6-9-16-10-7-13(11-16)14(3,4)5/h12-13,15H,6-11H2,1-5H3. The van der Waals surface area contributed by atoms with Gasteiger partial charge in [0.1, 0.15) is 0 Å². The van der Waals surface area contributed by atoms with Crippen LogP contribution in [0.15, 0.2) is 0 Å². The van der Waals surface area contributed by atoms with E-state index in [1.54, 1.807) is 0 Å². The van der Waals surface area contributed by atoms with Gasteiger partial charge in [-0.3, -0.25) is 0 Å². The molecule has 0 aliphatic carbocycles. The molecule has 0 aromatic heterocycles. The Balaban J connectivity index is 2.12. The van der Waals surface area contributed by atoms with E-state index in [2.05, 4.69) is 44.8 Å². The summed E-state index contributed by atoms with van der Waals surface area (Å²) in [6, 6.07) is 0.626. The predicted octanol–water partition coefficient (Wildman–Crippen LogP) is 2.74. The number of hydrogen-bond acceptors (Lipinski definition) is 2. The molecule has 2 nitrogen and oxygen atoms in total. The highest BCUT2D eigenvalue weighted by atomic mass is 15.1. The van der Waals surface area contributed by atoms with Crippen LogP contribution in [0.4, 0.5) is 0 Å². The second-order valence-corrected chi connectivity index (χ2v) is 6.61. The summed E-state index contributed by atoms with van der Waals surface area (Å²) in [5.74, 6) is 0.894. The van der Waals surface area contributed by atoms with Crippen LogP contribution in [0.2, 0.25) is 0 Å². The van der Waals surface area contributed by atoms with E-state index in [-0.39, 0.29) is 0 Å². The van der Waals surface area contributed by atoms with Crippen molar-refractivity contribution in [2.75, 3.05) is 26.2 Å². The highest BCUT2D eigenvalue weighted by Gasteiger charge is 2.31. The van der Waals surface area contributed by atoms with Gasteiger partial charge in [0.05, 0.1) is 0 Å². The van der Waals surface area contributed by atoms with Gasteiger partial charge in [-0.15, -0.1) is 0 Å². The zero-order valence-electron chi connectivity index (χ0n) is 11.8. The third-order valence-electron chi connectivity index (χ3n) is 3.70. The van der Waals surface area contributed by atoms with Gasteiger partial charge in [-0.1, -0.05) is 34.6 Å². The summed E-state index contributed by atoms with van der Waals surface area (Å²) < 4.78 is 0. The normalized spacial score (nSPS) is 23.2. The van der Waals surface area contributed by atoms with Gasteiger partial charge in [-0.05, 0) is 43.8 Å². The van der Waals surface area contributed by atoms with Crippen LogP contribution in [0.1, 0.15) is 47.5 Å². The van der Waals surface area contributed by atoms with Crippen LogP contribution in [0, 0.1) is 11.3 Å². The van der Waals surface area contributed by atoms with Gasteiger partial charge < -0.3 is 10.2 Å². The first-order valence-electron chi connectivity index (χ1n) is 6.85. The third-order valence-corrected chi connectivity index (χ3v) is 3.70. The molecule has 0 aromatic carbocycles. The minimum atomic E-state index is 0.491. The van der Waals surface area contributed by atoms with Crippen LogP contribution < -0.4 is 5.32 Å². The van der Waals surface area contributed by atoms with Crippen molar-refractivity contribution < 1.29 is 0 Å². The second kappa shape index (κ2) is 6.02. The Bertz CT molecular complexity index is 193. The van der Waals surface area contributed by atoms with E-state index in [1.807, 2.05) is 0 Å². The number of likely N-dealkylation sites (tertiary alicyclic amines) is 1. The Hall–Kier alpha value is -0.0800. The predicted molar refractivity (Wildman–Crippen MR) is 71.8 cm³/mol. The van der Waals surface area contributed by atoms with Crippen molar-refractivity contribution in [1.29, 1.82) is 0 Å². The van der Waals surface area contributed by atoms with E-state index in [0.717, 1.165) is 12.5 Å². The van der Waals surface area contributed by atoms with Crippen molar-refractivity contribution >= 4 is 0 Å². The molecular weight excluding hydrogens is 196 g/mol. The molecule has 96 valence electrons. The molecule has 0 spiro atoms. The number of hydrogen-bond donors (Lipinski definition) is 1. The maximum atomic E-state index is 3.48. The summed E-state index contributed by atoms with van der Waals surface area (Å²) in [6.45, 7) is 16.6. The third kappa shape index (κ3) is 4.84. The molecule has 1 rings (SSSR count). The summed E-state index contributed by atoms with van der Waals surface area (Å²) in [5, 5.41) is 3.48. The fraction of sp³-hybridized carbons (Fsp3) is 1.00. The summed E-state index contributed by atoms with van der Waals surface area (Å²) >= 11 is 0. The van der Waals surface area contributed by atoms with Crippen molar-refractivity contribution in [3.05, 3.63) is 0 Å². The average molecular weight is 226 g/mol. The van der Waals surface area contributed by atoms with Crippen molar-refractivity contribution in [1.82, 2.24) is 10.2 Å². The quantitative estimate of drug-likeness (QED) is 0.725. The first-order valence-corrected chi connectivity index (χ1v) is 6.85. The Kier molecular flexibility index (Phi) is 5.26. The lowest BCUT2D eigenvalue weighted by Crippen LogP contribution is -2.30. The molecule has 0 bridgehead atoms. The molecule has 1 aliphatic rings. The van der Waals surface area contributed by atoms with Gasteiger partial charge in [0, 0.05) is 12.6 Å². The SMILES string of the molecule is CC(C)NCCCN1CCC(C(C)(C)C)C1. The van der Waals surface area contributed by atoms with E-state index in [0.29, 0.717) is 11.5 Å². The Morgan fingerprint density at radius 2 is 2.00 bits per heavy atom. The Labute approximate surface area is 102 Å². The van der Waals surface area contributed by atoms with E-state index in [1.165, 1.54) is 32.5 Å². The highest BCUT2D eigenvalue weighted by Crippen LogP contribution is 2.33. The molecule has 1 unspecified atom stereocenters. The molecule has 0 radical (unpaired) electrons. The van der Waals surface area contributed by atoms with Crippen molar-refractivity contribution in [3.63, 3.8) is 0 Å². The zero-order chi connectivity index (χ0) is 12.2. The van der Waals surface area contributed by atoms with Crippen LogP contribution in [0.25, 0.3) is 0 Å². The maximum Gasteiger partial charge on any atom is 0.00151 e. The van der Waals surface area contributed by atoms with Gasteiger partial charge in [-0.25, -0.2) is 0 Å². The molecule has 2 heteroatoms. The molecule has 16 heavy (non-hydrogen) atoms. The Morgan fingerprint density at radius 1 is 1.31 bits per heavy atom. The van der Waals surface area contributed by atoms with Gasteiger partial charge in [0.25, 0.3) is 0 Å². The maximum absolute atomic E-state index is 3.48. The molecule has 0 saturated carbocycles.